The Morgan fingerprint density at radius 3 is 2.74 bits per heavy atom. The van der Waals surface area contributed by atoms with E-state index in [1.54, 1.807) is 12.1 Å². The zero-order valence-corrected chi connectivity index (χ0v) is 16.3. The Hall–Kier alpha value is -2.15. The molecule has 1 aliphatic rings. The summed E-state index contributed by atoms with van der Waals surface area (Å²) in [5.74, 6) is -0.824. The Labute approximate surface area is 166 Å². The number of Topliss-reactive ketones (excluding diaryl/α,β-unsaturated/α-hetero) is 1. The van der Waals surface area contributed by atoms with Crippen LogP contribution in [0.5, 0.6) is 5.88 Å². The molecule has 6 nitrogen and oxygen atoms in total. The number of carbonyl (C=O) groups is 2. The number of fused-ring (bicyclic) bond motifs is 1. The van der Waals surface area contributed by atoms with Crippen molar-refractivity contribution in [1.29, 1.82) is 0 Å². The standard InChI is InChI=1S/C19H18Cl2N2O4/c1-3-7-23-17-12(8-11(20)9-13(17)21)19(26,18(23)25)10-15(24)14-5-4-6-16(22-14)27-2/h4-6,8-9,26H,3,7,10H2,1-2H3. The van der Waals surface area contributed by atoms with E-state index in [9.17, 15) is 14.7 Å². The average molecular weight is 409 g/mol. The van der Waals surface area contributed by atoms with Crippen molar-refractivity contribution < 1.29 is 19.4 Å². The summed E-state index contributed by atoms with van der Waals surface area (Å²) in [6.07, 6.45) is 0.182. The first kappa shape index (κ1) is 19.6. The van der Waals surface area contributed by atoms with Gasteiger partial charge in [0.05, 0.1) is 24.2 Å². The van der Waals surface area contributed by atoms with Crippen LogP contribution in [0.1, 0.15) is 35.8 Å². The summed E-state index contributed by atoms with van der Waals surface area (Å²) in [4.78, 5) is 31.2. The van der Waals surface area contributed by atoms with Crippen molar-refractivity contribution in [3.63, 3.8) is 0 Å². The number of carbonyl (C=O) groups excluding carboxylic acids is 2. The maximum Gasteiger partial charge on any atom is 0.264 e. The lowest BCUT2D eigenvalue weighted by Crippen LogP contribution is -2.42. The maximum absolute atomic E-state index is 13.0. The summed E-state index contributed by atoms with van der Waals surface area (Å²) in [7, 11) is 1.44. The number of amides is 1. The minimum Gasteiger partial charge on any atom is -0.481 e. The zero-order chi connectivity index (χ0) is 19.8. The number of ether oxygens (including phenoxy) is 1. The highest BCUT2D eigenvalue weighted by Gasteiger charge is 2.51. The van der Waals surface area contributed by atoms with Crippen LogP contribution in [0.25, 0.3) is 0 Å². The van der Waals surface area contributed by atoms with E-state index < -0.39 is 23.7 Å². The molecular weight excluding hydrogens is 391 g/mol. The number of nitrogens with zero attached hydrogens (tertiary/aromatic N) is 2. The van der Waals surface area contributed by atoms with Crippen molar-refractivity contribution in [2.24, 2.45) is 0 Å². The third-order valence-corrected chi connectivity index (χ3v) is 4.93. The number of pyridine rings is 1. The molecule has 8 heteroatoms. The van der Waals surface area contributed by atoms with Gasteiger partial charge in [-0.1, -0.05) is 36.2 Å². The van der Waals surface area contributed by atoms with Crippen LogP contribution in [0.15, 0.2) is 30.3 Å². The number of benzene rings is 1. The Bertz CT molecular complexity index is 919. The molecule has 0 bridgehead atoms. The lowest BCUT2D eigenvalue weighted by Gasteiger charge is -2.22. The Morgan fingerprint density at radius 2 is 2.07 bits per heavy atom. The lowest BCUT2D eigenvalue weighted by molar-refractivity contribution is -0.135. The van der Waals surface area contributed by atoms with Crippen LogP contribution in [0.3, 0.4) is 0 Å². The van der Waals surface area contributed by atoms with E-state index in [-0.39, 0.29) is 27.2 Å². The monoisotopic (exact) mass is 408 g/mol. The van der Waals surface area contributed by atoms with Crippen molar-refractivity contribution in [2.75, 3.05) is 18.6 Å². The van der Waals surface area contributed by atoms with Crippen molar-refractivity contribution in [3.05, 3.63) is 51.6 Å². The summed E-state index contributed by atoms with van der Waals surface area (Å²) < 4.78 is 5.02. The molecule has 1 amide bonds. The molecule has 0 aliphatic carbocycles. The second-order valence-corrected chi connectivity index (χ2v) is 7.11. The molecule has 1 aromatic heterocycles. The Morgan fingerprint density at radius 1 is 1.33 bits per heavy atom. The molecule has 2 aromatic rings. The van der Waals surface area contributed by atoms with E-state index >= 15 is 0 Å². The number of aromatic nitrogens is 1. The third-order valence-electron chi connectivity index (χ3n) is 4.42. The number of hydrogen-bond donors (Lipinski definition) is 1. The first-order valence-electron chi connectivity index (χ1n) is 8.40. The van der Waals surface area contributed by atoms with Crippen LogP contribution >= 0.6 is 23.2 Å². The van der Waals surface area contributed by atoms with E-state index in [4.69, 9.17) is 27.9 Å². The van der Waals surface area contributed by atoms with Crippen molar-refractivity contribution >= 4 is 40.6 Å². The molecule has 0 fully saturated rings. The number of rotatable bonds is 6. The van der Waals surface area contributed by atoms with E-state index in [1.165, 1.54) is 30.2 Å². The Kier molecular flexibility index (Phi) is 5.42. The molecule has 1 aliphatic heterocycles. The van der Waals surface area contributed by atoms with Gasteiger partial charge in [-0.15, -0.1) is 0 Å². The molecule has 27 heavy (non-hydrogen) atoms. The normalized spacial score (nSPS) is 18.6. The number of halogens is 2. The van der Waals surface area contributed by atoms with Gasteiger partial charge in [0, 0.05) is 23.2 Å². The van der Waals surface area contributed by atoms with Gasteiger partial charge in [-0.25, -0.2) is 4.98 Å². The van der Waals surface area contributed by atoms with E-state index in [0.29, 0.717) is 18.7 Å². The summed E-state index contributed by atoms with van der Waals surface area (Å²) in [5, 5.41) is 11.8. The SMILES string of the molecule is CCCN1C(=O)C(O)(CC(=O)c2cccc(OC)n2)c2cc(Cl)cc(Cl)c21. The van der Waals surface area contributed by atoms with Crippen molar-refractivity contribution in [3.8, 4) is 5.88 Å². The lowest BCUT2D eigenvalue weighted by atomic mass is 9.89. The average Bonchev–Trinajstić information content (AvgIpc) is 2.84. The molecule has 0 saturated carbocycles. The predicted octanol–water partition coefficient (Wildman–Crippen LogP) is 3.61. The molecule has 1 aromatic carbocycles. The fraction of sp³-hybridized carbons (Fsp3) is 0.316. The number of anilines is 1. The van der Waals surface area contributed by atoms with Crippen LogP contribution in [0, 0.1) is 0 Å². The molecule has 0 spiro atoms. The highest BCUT2D eigenvalue weighted by atomic mass is 35.5. The highest BCUT2D eigenvalue weighted by molar-refractivity contribution is 6.38. The molecule has 2 heterocycles. The van der Waals surface area contributed by atoms with Gasteiger partial charge in [-0.2, -0.15) is 0 Å². The van der Waals surface area contributed by atoms with Gasteiger partial charge in [0.25, 0.3) is 5.91 Å². The minimum atomic E-state index is -2.05. The summed E-state index contributed by atoms with van der Waals surface area (Å²) in [6.45, 7) is 2.26. The Balaban J connectivity index is 2.04. The molecule has 0 radical (unpaired) electrons. The second-order valence-electron chi connectivity index (χ2n) is 6.27. The number of aliphatic hydroxyl groups is 1. The van der Waals surface area contributed by atoms with Crippen LogP contribution in [0.2, 0.25) is 10.0 Å². The van der Waals surface area contributed by atoms with Gasteiger partial charge in [0.1, 0.15) is 5.69 Å². The quantitative estimate of drug-likeness (QED) is 0.738. The largest absolute Gasteiger partial charge is 0.481 e. The van der Waals surface area contributed by atoms with E-state index in [0.717, 1.165) is 0 Å². The van der Waals surface area contributed by atoms with Crippen LogP contribution in [-0.4, -0.2) is 35.4 Å². The fourth-order valence-electron chi connectivity index (χ4n) is 3.21. The van der Waals surface area contributed by atoms with Crippen LogP contribution in [-0.2, 0) is 10.4 Å². The van der Waals surface area contributed by atoms with Gasteiger partial charge < -0.3 is 14.7 Å². The predicted molar refractivity (Wildman–Crippen MR) is 103 cm³/mol. The van der Waals surface area contributed by atoms with E-state index in [1.807, 2.05) is 6.92 Å². The minimum absolute atomic E-state index is 0.0965. The fourth-order valence-corrected chi connectivity index (χ4v) is 3.81. The third kappa shape index (κ3) is 3.40. The van der Waals surface area contributed by atoms with Gasteiger partial charge in [-0.3, -0.25) is 9.59 Å². The van der Waals surface area contributed by atoms with Crippen molar-refractivity contribution in [1.82, 2.24) is 4.98 Å². The molecule has 142 valence electrons. The van der Waals surface area contributed by atoms with Gasteiger partial charge in [-0.05, 0) is 24.6 Å². The van der Waals surface area contributed by atoms with Gasteiger partial charge in [0.15, 0.2) is 11.4 Å². The molecule has 0 saturated heterocycles. The van der Waals surface area contributed by atoms with Crippen molar-refractivity contribution in [2.45, 2.75) is 25.4 Å². The summed E-state index contributed by atoms with van der Waals surface area (Å²) in [6, 6.07) is 7.70. The first-order chi connectivity index (χ1) is 12.8. The first-order valence-corrected chi connectivity index (χ1v) is 9.15. The molecule has 1 unspecified atom stereocenters. The number of methoxy groups -OCH3 is 1. The smallest absolute Gasteiger partial charge is 0.264 e. The summed E-state index contributed by atoms with van der Waals surface area (Å²) >= 11 is 12.4. The molecule has 1 N–H and O–H groups in total. The number of hydrogen-bond acceptors (Lipinski definition) is 5. The number of ketones is 1. The highest BCUT2D eigenvalue weighted by Crippen LogP contribution is 2.47. The van der Waals surface area contributed by atoms with Crippen LogP contribution in [0.4, 0.5) is 5.69 Å². The zero-order valence-electron chi connectivity index (χ0n) is 14.8. The topological polar surface area (TPSA) is 79.7 Å². The van der Waals surface area contributed by atoms with Gasteiger partial charge >= 0.3 is 0 Å². The van der Waals surface area contributed by atoms with E-state index in [2.05, 4.69) is 4.98 Å². The maximum atomic E-state index is 13.0. The second kappa shape index (κ2) is 7.46. The molecule has 1 atom stereocenters. The molecular formula is C19H18Cl2N2O4. The molecule has 3 rings (SSSR count). The van der Waals surface area contributed by atoms with Gasteiger partial charge in [0.2, 0.25) is 5.88 Å². The summed E-state index contributed by atoms with van der Waals surface area (Å²) in [5.41, 5.74) is -1.34. The van der Waals surface area contributed by atoms with Crippen LogP contribution < -0.4 is 9.64 Å².